The molecule has 0 aliphatic carbocycles. The molecule has 1 saturated heterocycles. The maximum absolute atomic E-state index is 13.0. The van der Waals surface area contributed by atoms with Gasteiger partial charge in [-0.2, -0.15) is 0 Å². The van der Waals surface area contributed by atoms with Crippen LogP contribution in [0.3, 0.4) is 0 Å². The van der Waals surface area contributed by atoms with E-state index in [9.17, 15) is 19.5 Å². The second-order valence-corrected chi connectivity index (χ2v) is 10.3. The van der Waals surface area contributed by atoms with E-state index in [1.807, 2.05) is 43.5 Å². The van der Waals surface area contributed by atoms with Crippen LogP contribution >= 0.6 is 0 Å². The van der Waals surface area contributed by atoms with Gasteiger partial charge in [-0.25, -0.2) is 9.59 Å². The lowest BCUT2D eigenvalue weighted by atomic mass is 9.90. The second-order valence-electron chi connectivity index (χ2n) is 10.3. The molecule has 2 heterocycles. The van der Waals surface area contributed by atoms with E-state index in [0.29, 0.717) is 18.8 Å². The molecule has 3 aromatic carbocycles. The average molecular weight is 557 g/mol. The van der Waals surface area contributed by atoms with E-state index >= 15 is 0 Å². The van der Waals surface area contributed by atoms with Crippen LogP contribution in [0.25, 0.3) is 0 Å². The summed E-state index contributed by atoms with van der Waals surface area (Å²) in [5, 5.41) is 12.3. The third-order valence-corrected chi connectivity index (χ3v) is 7.38. The van der Waals surface area contributed by atoms with Gasteiger partial charge in [-0.15, -0.1) is 6.58 Å². The van der Waals surface area contributed by atoms with E-state index in [-0.39, 0.29) is 41.4 Å². The fourth-order valence-electron chi connectivity index (χ4n) is 5.12. The lowest BCUT2D eigenvalue weighted by Crippen LogP contribution is -2.43. The Hall–Kier alpha value is -4.15. The molecule has 0 spiro atoms. The van der Waals surface area contributed by atoms with Crippen molar-refractivity contribution in [3.05, 3.63) is 113 Å². The van der Waals surface area contributed by atoms with Gasteiger partial charge in [-0.05, 0) is 48.5 Å². The molecule has 5 rings (SSSR count). The van der Waals surface area contributed by atoms with E-state index in [0.717, 1.165) is 16.7 Å². The molecular formula is C32H32N2O7. The molecule has 1 fully saturated rings. The minimum atomic E-state index is -0.767. The van der Waals surface area contributed by atoms with Crippen LogP contribution in [0.4, 0.5) is 5.69 Å². The van der Waals surface area contributed by atoms with Crippen molar-refractivity contribution < 1.29 is 33.7 Å². The van der Waals surface area contributed by atoms with Crippen molar-refractivity contribution in [3.8, 4) is 0 Å². The van der Waals surface area contributed by atoms with Crippen molar-refractivity contribution in [2.24, 2.45) is 5.92 Å². The predicted octanol–water partition coefficient (Wildman–Crippen LogP) is 4.65. The Morgan fingerprint density at radius 3 is 2.49 bits per heavy atom. The number of fused-ring (bicyclic) bond motifs is 1. The number of likely N-dealkylation sites (N-methyl/N-ethyl adjacent to an activating group) is 1. The number of esters is 2. The number of nitrogens with one attached hydrogen (secondary N) is 1. The number of aliphatic hydroxyl groups excluding tert-OH is 1. The van der Waals surface area contributed by atoms with Gasteiger partial charge in [0.25, 0.3) is 5.91 Å². The number of aliphatic hydroxyl groups is 1. The van der Waals surface area contributed by atoms with Gasteiger partial charge in [0, 0.05) is 35.8 Å². The highest BCUT2D eigenvalue weighted by Gasteiger charge is 2.39. The van der Waals surface area contributed by atoms with Gasteiger partial charge in [0.1, 0.15) is 0 Å². The molecule has 41 heavy (non-hydrogen) atoms. The number of cyclic esters (lactones) is 2. The molecule has 0 bridgehead atoms. The first kappa shape index (κ1) is 28.4. The lowest BCUT2D eigenvalue weighted by Gasteiger charge is -2.42. The molecule has 2 aliphatic rings. The zero-order valence-electron chi connectivity index (χ0n) is 22.9. The van der Waals surface area contributed by atoms with Crippen molar-refractivity contribution in [1.82, 2.24) is 4.90 Å². The van der Waals surface area contributed by atoms with Gasteiger partial charge >= 0.3 is 11.9 Å². The SMILES string of the molecule is C=CCN(C)CC1OC(c2cccc(NC(=O)c3ccc4c(c3)C(=O)OC4=O)c2)OC(c2ccc(CO)cc2)C1C. The van der Waals surface area contributed by atoms with Gasteiger partial charge in [-0.3, -0.25) is 4.79 Å². The maximum Gasteiger partial charge on any atom is 0.346 e. The number of carbonyl (C=O) groups is 3. The molecule has 0 saturated carbocycles. The summed E-state index contributed by atoms with van der Waals surface area (Å²) in [5.41, 5.74) is 3.48. The lowest BCUT2D eigenvalue weighted by molar-refractivity contribution is -0.275. The number of nitrogens with zero attached hydrogens (tertiary/aromatic N) is 1. The minimum absolute atomic E-state index is 0.0276. The van der Waals surface area contributed by atoms with Crippen molar-refractivity contribution in [3.63, 3.8) is 0 Å². The third-order valence-electron chi connectivity index (χ3n) is 7.38. The van der Waals surface area contributed by atoms with Crippen molar-refractivity contribution in [1.29, 1.82) is 0 Å². The molecular weight excluding hydrogens is 524 g/mol. The molecule has 2 N–H and O–H groups in total. The fraction of sp³-hybridized carbons (Fsp3) is 0.281. The van der Waals surface area contributed by atoms with Crippen LogP contribution in [0.2, 0.25) is 0 Å². The van der Waals surface area contributed by atoms with Crippen molar-refractivity contribution in [2.45, 2.75) is 32.0 Å². The molecule has 9 heteroatoms. The summed E-state index contributed by atoms with van der Waals surface area (Å²) in [7, 11) is 2.01. The van der Waals surface area contributed by atoms with E-state index < -0.39 is 24.1 Å². The molecule has 2 aliphatic heterocycles. The first-order chi connectivity index (χ1) is 19.8. The van der Waals surface area contributed by atoms with Crippen LogP contribution < -0.4 is 5.32 Å². The standard InChI is InChI=1S/C32H32N2O7/c1-4-14-34(3)17-27-19(2)28(21-10-8-20(18-35)9-11-21)40-32(39-27)23-6-5-7-24(15-23)33-29(36)22-12-13-25-26(16-22)31(38)41-30(25)37/h4-13,15-16,19,27-28,32,35H,1,14,17-18H2,2-3H3,(H,33,36). The number of anilines is 1. The molecule has 1 amide bonds. The number of rotatable bonds is 9. The van der Waals surface area contributed by atoms with Crippen molar-refractivity contribution in [2.75, 3.05) is 25.5 Å². The quantitative estimate of drug-likeness (QED) is 0.222. The van der Waals surface area contributed by atoms with Crippen LogP contribution in [0, 0.1) is 5.92 Å². The highest BCUT2D eigenvalue weighted by Crippen LogP contribution is 2.42. The maximum atomic E-state index is 13.0. The summed E-state index contributed by atoms with van der Waals surface area (Å²) in [5.74, 6) is -1.90. The first-order valence-corrected chi connectivity index (χ1v) is 13.4. The van der Waals surface area contributed by atoms with E-state index in [2.05, 4.69) is 28.5 Å². The zero-order chi connectivity index (χ0) is 29.1. The van der Waals surface area contributed by atoms with Crippen LogP contribution in [-0.4, -0.2) is 54.1 Å². The van der Waals surface area contributed by atoms with Gasteiger partial charge < -0.3 is 29.5 Å². The Morgan fingerprint density at radius 2 is 1.76 bits per heavy atom. The summed E-state index contributed by atoms with van der Waals surface area (Å²) in [6, 6.07) is 19.2. The number of ether oxygens (including phenoxy) is 3. The van der Waals surface area contributed by atoms with E-state index in [1.165, 1.54) is 18.2 Å². The molecule has 9 nitrogen and oxygen atoms in total. The topological polar surface area (TPSA) is 114 Å². The number of benzene rings is 3. The van der Waals surface area contributed by atoms with E-state index in [1.54, 1.807) is 18.2 Å². The number of carbonyl (C=O) groups excluding carboxylic acids is 3. The normalized spacial score (nSPS) is 21.9. The summed E-state index contributed by atoms with van der Waals surface area (Å²) >= 11 is 0. The number of hydrogen-bond donors (Lipinski definition) is 2. The Labute approximate surface area is 238 Å². The third kappa shape index (κ3) is 6.13. The van der Waals surface area contributed by atoms with Gasteiger partial charge in [0.05, 0.1) is 29.9 Å². The van der Waals surface area contributed by atoms with Crippen LogP contribution in [0.5, 0.6) is 0 Å². The fourth-order valence-corrected chi connectivity index (χ4v) is 5.12. The zero-order valence-corrected chi connectivity index (χ0v) is 22.9. The Morgan fingerprint density at radius 1 is 1.00 bits per heavy atom. The molecule has 212 valence electrons. The van der Waals surface area contributed by atoms with Crippen LogP contribution in [0.15, 0.2) is 79.4 Å². The molecule has 4 atom stereocenters. The molecule has 0 radical (unpaired) electrons. The highest BCUT2D eigenvalue weighted by atomic mass is 16.7. The minimum Gasteiger partial charge on any atom is -0.392 e. The summed E-state index contributed by atoms with van der Waals surface area (Å²) < 4.78 is 17.6. The average Bonchev–Trinajstić information content (AvgIpc) is 3.26. The predicted molar refractivity (Wildman–Crippen MR) is 151 cm³/mol. The van der Waals surface area contributed by atoms with Gasteiger partial charge in [-0.1, -0.05) is 49.4 Å². The second kappa shape index (κ2) is 12.2. The first-order valence-electron chi connectivity index (χ1n) is 13.4. The summed E-state index contributed by atoms with van der Waals surface area (Å²) in [6.45, 7) is 7.28. The number of hydrogen-bond acceptors (Lipinski definition) is 8. The molecule has 3 aromatic rings. The highest BCUT2D eigenvalue weighted by molar-refractivity contribution is 6.16. The summed E-state index contributed by atoms with van der Waals surface area (Å²) in [4.78, 5) is 38.8. The van der Waals surface area contributed by atoms with Crippen LogP contribution in [-0.2, 0) is 20.8 Å². The van der Waals surface area contributed by atoms with Gasteiger partial charge in [0.15, 0.2) is 6.29 Å². The van der Waals surface area contributed by atoms with Crippen molar-refractivity contribution >= 4 is 23.5 Å². The summed E-state index contributed by atoms with van der Waals surface area (Å²) in [6.07, 6.45) is 0.720. The van der Waals surface area contributed by atoms with Gasteiger partial charge in [0.2, 0.25) is 0 Å². The largest absolute Gasteiger partial charge is 0.392 e. The smallest absolute Gasteiger partial charge is 0.346 e. The van der Waals surface area contributed by atoms with Crippen LogP contribution in [0.1, 0.15) is 67.1 Å². The monoisotopic (exact) mass is 556 g/mol. The molecule has 0 aromatic heterocycles. The van der Waals surface area contributed by atoms with E-state index in [4.69, 9.17) is 9.47 Å². The Kier molecular flexibility index (Phi) is 8.41. The Balaban J connectivity index is 1.38. The number of amides is 1. The Bertz CT molecular complexity index is 1470. The molecule has 4 unspecified atom stereocenters.